The van der Waals surface area contributed by atoms with E-state index in [0.29, 0.717) is 18.3 Å². The summed E-state index contributed by atoms with van der Waals surface area (Å²) in [5, 5.41) is 4.26. The number of nitrogens with one attached hydrogen (secondary N) is 1. The molecule has 0 radical (unpaired) electrons. The summed E-state index contributed by atoms with van der Waals surface area (Å²) in [6.07, 6.45) is 0. The number of sulfone groups is 1. The van der Waals surface area contributed by atoms with Gasteiger partial charge >= 0.3 is 0 Å². The van der Waals surface area contributed by atoms with Crippen LogP contribution in [0.5, 0.6) is 0 Å². The van der Waals surface area contributed by atoms with Crippen LogP contribution in [-0.4, -0.2) is 25.0 Å². The van der Waals surface area contributed by atoms with Gasteiger partial charge in [-0.1, -0.05) is 13.8 Å². The van der Waals surface area contributed by atoms with Crippen molar-refractivity contribution in [2.75, 3.05) is 6.54 Å². The van der Waals surface area contributed by atoms with Crippen molar-refractivity contribution in [2.24, 2.45) is 4.99 Å². The SMILES string of the molecule is CC(C)NCC1=CS(=O)(=O)C(Br)=N1. The summed E-state index contributed by atoms with van der Waals surface area (Å²) >= 11 is 2.89. The molecule has 0 aromatic heterocycles. The molecule has 1 heterocycles. The van der Waals surface area contributed by atoms with Crippen LogP contribution in [0.1, 0.15) is 13.8 Å². The van der Waals surface area contributed by atoms with Gasteiger partial charge in [0.2, 0.25) is 13.8 Å². The van der Waals surface area contributed by atoms with Crippen LogP contribution in [0.15, 0.2) is 16.1 Å². The van der Waals surface area contributed by atoms with Crippen LogP contribution in [0.25, 0.3) is 0 Å². The normalized spacial score (nSPS) is 20.3. The highest BCUT2D eigenvalue weighted by Crippen LogP contribution is 2.17. The van der Waals surface area contributed by atoms with E-state index in [0.717, 1.165) is 0 Å². The smallest absolute Gasteiger partial charge is 0.225 e. The monoisotopic (exact) mass is 266 g/mol. The fourth-order valence-corrected chi connectivity index (χ4v) is 2.16. The summed E-state index contributed by atoms with van der Waals surface area (Å²) in [5.41, 5.74) is 0.542. The molecular formula is C7H11BrN2O2S. The molecule has 1 aliphatic rings. The maximum Gasteiger partial charge on any atom is 0.225 e. The second-order valence-corrected chi connectivity index (χ2v) is 6.04. The van der Waals surface area contributed by atoms with Crippen molar-refractivity contribution in [3.63, 3.8) is 0 Å². The molecule has 1 rings (SSSR count). The summed E-state index contributed by atoms with van der Waals surface area (Å²) in [6.45, 7) is 4.46. The molecule has 1 N–H and O–H groups in total. The number of hydrogen-bond donors (Lipinski definition) is 1. The summed E-state index contributed by atoms with van der Waals surface area (Å²) in [4.78, 5) is 3.86. The standard InChI is InChI=1S/C7H11BrN2O2S/c1-5(2)9-3-6-4-13(11,12)7(8)10-6/h4-5,9H,3H2,1-2H3. The van der Waals surface area contributed by atoms with Gasteiger partial charge in [0.15, 0.2) is 0 Å². The zero-order valence-electron chi connectivity index (χ0n) is 7.41. The van der Waals surface area contributed by atoms with Crippen molar-refractivity contribution >= 4 is 29.7 Å². The highest BCUT2D eigenvalue weighted by molar-refractivity contribution is 9.21. The van der Waals surface area contributed by atoms with Crippen molar-refractivity contribution < 1.29 is 8.42 Å². The van der Waals surface area contributed by atoms with E-state index in [-0.39, 0.29) is 3.95 Å². The largest absolute Gasteiger partial charge is 0.309 e. The van der Waals surface area contributed by atoms with Crippen molar-refractivity contribution in [3.05, 3.63) is 11.1 Å². The van der Waals surface area contributed by atoms with Gasteiger partial charge in [-0.15, -0.1) is 0 Å². The lowest BCUT2D eigenvalue weighted by molar-refractivity contribution is 0.613. The Kier molecular flexibility index (Phi) is 3.26. The zero-order valence-corrected chi connectivity index (χ0v) is 9.81. The Hall–Kier alpha value is -0.200. The van der Waals surface area contributed by atoms with Gasteiger partial charge in [0.1, 0.15) is 0 Å². The van der Waals surface area contributed by atoms with Gasteiger partial charge in [-0.2, -0.15) is 0 Å². The van der Waals surface area contributed by atoms with Crippen LogP contribution in [0.4, 0.5) is 0 Å². The number of halogens is 1. The molecule has 0 atom stereocenters. The van der Waals surface area contributed by atoms with Crippen LogP contribution < -0.4 is 5.32 Å². The second-order valence-electron chi connectivity index (χ2n) is 3.05. The Balaban J connectivity index is 2.67. The van der Waals surface area contributed by atoms with E-state index in [1.807, 2.05) is 13.8 Å². The first-order valence-corrected chi connectivity index (χ1v) is 6.19. The fraction of sp³-hybridized carbons (Fsp3) is 0.571. The molecule has 0 amide bonds. The molecule has 0 aliphatic carbocycles. The molecule has 1 aliphatic heterocycles. The molecule has 0 fully saturated rings. The van der Waals surface area contributed by atoms with Gasteiger partial charge in [0, 0.05) is 12.6 Å². The van der Waals surface area contributed by atoms with Gasteiger partial charge in [0.25, 0.3) is 0 Å². The number of hydrogen-bond acceptors (Lipinski definition) is 4. The van der Waals surface area contributed by atoms with E-state index in [9.17, 15) is 8.42 Å². The maximum atomic E-state index is 11.1. The van der Waals surface area contributed by atoms with Crippen molar-refractivity contribution in [1.82, 2.24) is 5.32 Å². The Labute approximate surface area is 86.2 Å². The lowest BCUT2D eigenvalue weighted by atomic mass is 10.4. The Morgan fingerprint density at radius 1 is 1.62 bits per heavy atom. The average molecular weight is 267 g/mol. The molecule has 0 aromatic rings. The third kappa shape index (κ3) is 2.89. The molecular weight excluding hydrogens is 256 g/mol. The molecule has 13 heavy (non-hydrogen) atoms. The molecule has 0 spiro atoms. The lowest BCUT2D eigenvalue weighted by Gasteiger charge is -2.05. The van der Waals surface area contributed by atoms with Gasteiger partial charge < -0.3 is 5.32 Å². The van der Waals surface area contributed by atoms with Crippen molar-refractivity contribution in [2.45, 2.75) is 19.9 Å². The number of nitrogens with zero attached hydrogens (tertiary/aromatic N) is 1. The van der Waals surface area contributed by atoms with Crippen LogP contribution in [0.3, 0.4) is 0 Å². The topological polar surface area (TPSA) is 58.5 Å². The Morgan fingerprint density at radius 2 is 2.23 bits per heavy atom. The first-order valence-electron chi connectivity index (χ1n) is 3.85. The molecule has 6 heteroatoms. The predicted octanol–water partition coefficient (Wildman–Crippen LogP) is 1.01. The minimum absolute atomic E-state index is 0.000515. The average Bonchev–Trinajstić information content (AvgIpc) is 2.22. The fourth-order valence-electron chi connectivity index (χ4n) is 0.820. The lowest BCUT2D eigenvalue weighted by Crippen LogP contribution is -2.24. The van der Waals surface area contributed by atoms with E-state index in [1.54, 1.807) is 0 Å². The summed E-state index contributed by atoms with van der Waals surface area (Å²) in [5.74, 6) is 0. The van der Waals surface area contributed by atoms with Crippen LogP contribution in [-0.2, 0) is 9.84 Å². The summed E-state index contributed by atoms with van der Waals surface area (Å²) in [6, 6.07) is 0.318. The highest BCUT2D eigenvalue weighted by Gasteiger charge is 2.21. The molecule has 0 bridgehead atoms. The molecule has 0 unspecified atom stereocenters. The van der Waals surface area contributed by atoms with Gasteiger partial charge in [-0.3, -0.25) is 0 Å². The third-order valence-corrected chi connectivity index (χ3v) is 4.12. The Morgan fingerprint density at radius 3 is 2.62 bits per heavy atom. The number of rotatable bonds is 3. The van der Waals surface area contributed by atoms with Crippen molar-refractivity contribution in [3.8, 4) is 0 Å². The predicted molar refractivity (Wildman–Crippen MR) is 56.5 cm³/mol. The van der Waals surface area contributed by atoms with E-state index in [4.69, 9.17) is 0 Å². The molecule has 0 aromatic carbocycles. The first-order chi connectivity index (χ1) is 5.92. The van der Waals surface area contributed by atoms with E-state index in [2.05, 4.69) is 26.2 Å². The van der Waals surface area contributed by atoms with E-state index >= 15 is 0 Å². The van der Waals surface area contributed by atoms with Gasteiger partial charge in [-0.05, 0) is 15.9 Å². The van der Waals surface area contributed by atoms with Crippen LogP contribution in [0, 0.1) is 0 Å². The van der Waals surface area contributed by atoms with Crippen LogP contribution >= 0.6 is 15.9 Å². The quantitative estimate of drug-likeness (QED) is 0.830. The van der Waals surface area contributed by atoms with Crippen molar-refractivity contribution in [1.29, 1.82) is 0 Å². The Bertz CT molecular complexity index is 357. The van der Waals surface area contributed by atoms with E-state index < -0.39 is 9.84 Å². The van der Waals surface area contributed by atoms with E-state index in [1.165, 1.54) is 5.41 Å². The van der Waals surface area contributed by atoms with Gasteiger partial charge in [-0.25, -0.2) is 13.4 Å². The summed E-state index contributed by atoms with van der Waals surface area (Å²) < 4.78 is 22.3. The zero-order chi connectivity index (χ0) is 10.1. The third-order valence-electron chi connectivity index (χ3n) is 1.45. The number of aliphatic imine (C=N–C) groups is 1. The molecule has 74 valence electrons. The summed E-state index contributed by atoms with van der Waals surface area (Å²) in [7, 11) is -3.26. The maximum absolute atomic E-state index is 11.1. The minimum Gasteiger partial charge on any atom is -0.309 e. The minimum atomic E-state index is -3.26. The second kappa shape index (κ2) is 3.89. The molecule has 0 saturated carbocycles. The molecule has 4 nitrogen and oxygen atoms in total. The molecule has 0 saturated heterocycles. The first kappa shape index (κ1) is 10.9. The highest BCUT2D eigenvalue weighted by atomic mass is 79.9. The van der Waals surface area contributed by atoms with Gasteiger partial charge in [0.05, 0.1) is 11.1 Å². The van der Waals surface area contributed by atoms with Crippen LogP contribution in [0.2, 0.25) is 0 Å².